The average molecular weight is 348 g/mol. The van der Waals surface area contributed by atoms with Gasteiger partial charge >= 0.3 is 11.9 Å². The van der Waals surface area contributed by atoms with Crippen molar-refractivity contribution >= 4 is 40.3 Å². The van der Waals surface area contributed by atoms with E-state index in [9.17, 15) is 9.59 Å². The number of rotatable bonds is 4. The summed E-state index contributed by atoms with van der Waals surface area (Å²) in [5.74, 6) is -1.03. The Hall–Kier alpha value is -0.820. The molecule has 22 heavy (non-hydrogen) atoms. The average Bonchev–Trinajstić information content (AvgIpc) is 2.42. The maximum atomic E-state index is 12.3. The SMILES string of the molecule is CCOC(=S)S[C@@H]1[C@@H](C(C)(C)C)CC1(C(=O)OC)C(=O)OC. The molecule has 126 valence electrons. The summed E-state index contributed by atoms with van der Waals surface area (Å²) < 4.78 is 15.4. The normalized spacial score (nSPS) is 23.2. The zero-order valence-electron chi connectivity index (χ0n) is 13.9. The Bertz CT molecular complexity index is 439. The highest BCUT2D eigenvalue weighted by atomic mass is 32.2. The quantitative estimate of drug-likeness (QED) is 0.440. The highest BCUT2D eigenvalue weighted by Gasteiger charge is 2.68. The molecule has 1 rings (SSSR count). The topological polar surface area (TPSA) is 61.8 Å². The van der Waals surface area contributed by atoms with Crippen LogP contribution in [0, 0.1) is 16.7 Å². The Kier molecular flexibility index (Phi) is 6.27. The Morgan fingerprint density at radius 3 is 2.09 bits per heavy atom. The second-order valence-electron chi connectivity index (χ2n) is 6.35. The van der Waals surface area contributed by atoms with Gasteiger partial charge in [-0.05, 0) is 36.9 Å². The zero-order valence-corrected chi connectivity index (χ0v) is 15.6. The van der Waals surface area contributed by atoms with Crippen LogP contribution in [0.5, 0.6) is 0 Å². The minimum absolute atomic E-state index is 0.0783. The fourth-order valence-electron chi connectivity index (χ4n) is 2.80. The number of carbonyl (C=O) groups excluding carboxylic acids is 2. The minimum Gasteiger partial charge on any atom is -0.479 e. The van der Waals surface area contributed by atoms with Gasteiger partial charge in [-0.15, -0.1) is 0 Å². The molecule has 0 aromatic rings. The first-order valence-corrected chi connectivity index (χ1v) is 8.44. The van der Waals surface area contributed by atoms with Crippen molar-refractivity contribution in [2.75, 3.05) is 20.8 Å². The van der Waals surface area contributed by atoms with Gasteiger partial charge in [0.1, 0.15) is 0 Å². The first-order valence-electron chi connectivity index (χ1n) is 7.15. The molecule has 0 saturated heterocycles. The summed E-state index contributed by atoms with van der Waals surface area (Å²) in [4.78, 5) is 24.6. The van der Waals surface area contributed by atoms with Gasteiger partial charge < -0.3 is 14.2 Å². The third-order valence-corrected chi connectivity index (χ3v) is 5.79. The minimum atomic E-state index is -1.31. The third-order valence-electron chi connectivity index (χ3n) is 4.09. The van der Waals surface area contributed by atoms with E-state index in [1.807, 2.05) is 6.92 Å². The fraction of sp³-hybridized carbons (Fsp3) is 0.800. The molecule has 7 heteroatoms. The van der Waals surface area contributed by atoms with Gasteiger partial charge in [0.2, 0.25) is 4.38 Å². The maximum absolute atomic E-state index is 12.3. The molecule has 0 spiro atoms. The Balaban J connectivity index is 3.17. The number of thioether (sulfide) groups is 1. The van der Waals surface area contributed by atoms with E-state index in [4.69, 9.17) is 26.4 Å². The lowest BCUT2D eigenvalue weighted by atomic mass is 9.54. The molecule has 1 aliphatic rings. The van der Waals surface area contributed by atoms with Crippen LogP contribution in [0.2, 0.25) is 0 Å². The number of methoxy groups -OCH3 is 2. The molecule has 0 aliphatic heterocycles. The molecule has 0 N–H and O–H groups in total. The monoisotopic (exact) mass is 348 g/mol. The fourth-order valence-corrected chi connectivity index (χ4v) is 4.78. The zero-order chi connectivity index (χ0) is 17.1. The van der Waals surface area contributed by atoms with Crippen LogP contribution in [0.15, 0.2) is 0 Å². The van der Waals surface area contributed by atoms with Gasteiger partial charge in [0.05, 0.1) is 20.8 Å². The maximum Gasteiger partial charge on any atom is 0.324 e. The standard InChI is InChI=1S/C15H24O5S2/c1-7-20-13(21)22-10-9(14(2,3)4)8-15(10,11(16)18-5)12(17)19-6/h9-10H,7-8H2,1-6H3/t9-,10+/m0/s1. The summed E-state index contributed by atoms with van der Waals surface area (Å²) in [6.07, 6.45) is 0.391. The highest BCUT2D eigenvalue weighted by molar-refractivity contribution is 8.23. The van der Waals surface area contributed by atoms with Gasteiger partial charge in [-0.1, -0.05) is 32.5 Å². The van der Waals surface area contributed by atoms with Crippen LogP contribution in [0.4, 0.5) is 0 Å². The van der Waals surface area contributed by atoms with Crippen molar-refractivity contribution < 1.29 is 23.8 Å². The van der Waals surface area contributed by atoms with Crippen LogP contribution >= 0.6 is 24.0 Å². The number of hydrogen-bond donors (Lipinski definition) is 0. The summed E-state index contributed by atoms with van der Waals surface area (Å²) >= 11 is 6.44. The predicted molar refractivity (Wildman–Crippen MR) is 89.6 cm³/mol. The van der Waals surface area contributed by atoms with Crippen LogP contribution in [-0.4, -0.2) is 42.4 Å². The van der Waals surface area contributed by atoms with E-state index in [0.29, 0.717) is 17.4 Å². The number of esters is 2. The molecule has 1 saturated carbocycles. The number of ether oxygens (including phenoxy) is 3. The van der Waals surface area contributed by atoms with E-state index in [-0.39, 0.29) is 16.6 Å². The largest absolute Gasteiger partial charge is 0.479 e. The summed E-state index contributed by atoms with van der Waals surface area (Å²) in [6, 6.07) is 0. The van der Waals surface area contributed by atoms with Gasteiger partial charge in [0.15, 0.2) is 5.41 Å². The second kappa shape index (κ2) is 7.17. The molecule has 0 unspecified atom stereocenters. The van der Waals surface area contributed by atoms with Crippen molar-refractivity contribution in [3.8, 4) is 0 Å². The molecular weight excluding hydrogens is 324 g/mol. The number of hydrogen-bond acceptors (Lipinski definition) is 7. The lowest BCUT2D eigenvalue weighted by molar-refractivity contribution is -0.182. The molecule has 2 atom stereocenters. The van der Waals surface area contributed by atoms with E-state index < -0.39 is 17.4 Å². The summed E-state index contributed by atoms with van der Waals surface area (Å²) in [7, 11) is 2.56. The molecule has 0 aromatic carbocycles. The lowest BCUT2D eigenvalue weighted by Gasteiger charge is -2.54. The molecule has 0 radical (unpaired) electrons. The third kappa shape index (κ3) is 3.40. The molecule has 0 bridgehead atoms. The van der Waals surface area contributed by atoms with Crippen molar-refractivity contribution in [3.63, 3.8) is 0 Å². The number of carbonyl (C=O) groups is 2. The van der Waals surface area contributed by atoms with Crippen molar-refractivity contribution in [1.82, 2.24) is 0 Å². The van der Waals surface area contributed by atoms with Gasteiger partial charge in [-0.25, -0.2) is 0 Å². The molecule has 0 amide bonds. The van der Waals surface area contributed by atoms with Crippen LogP contribution in [-0.2, 0) is 23.8 Å². The van der Waals surface area contributed by atoms with E-state index in [2.05, 4.69) is 20.8 Å². The van der Waals surface area contributed by atoms with E-state index in [1.54, 1.807) is 0 Å². The predicted octanol–water partition coefficient (Wildman–Crippen LogP) is 2.81. The molecule has 5 nitrogen and oxygen atoms in total. The number of thiocarbonyl (C=S) groups is 1. The van der Waals surface area contributed by atoms with E-state index in [0.717, 1.165) is 0 Å². The molecule has 1 fully saturated rings. The van der Waals surface area contributed by atoms with Crippen LogP contribution in [0.1, 0.15) is 34.1 Å². The van der Waals surface area contributed by atoms with Crippen molar-refractivity contribution in [2.45, 2.75) is 39.4 Å². The molecule has 1 aliphatic carbocycles. The van der Waals surface area contributed by atoms with Gasteiger partial charge in [0, 0.05) is 5.25 Å². The summed E-state index contributed by atoms with van der Waals surface area (Å²) in [5.41, 5.74) is -1.39. The van der Waals surface area contributed by atoms with Crippen molar-refractivity contribution in [2.24, 2.45) is 16.7 Å². The van der Waals surface area contributed by atoms with Gasteiger partial charge in [-0.2, -0.15) is 0 Å². The second-order valence-corrected chi connectivity index (χ2v) is 8.10. The Labute approximate surface area is 141 Å². The van der Waals surface area contributed by atoms with Crippen molar-refractivity contribution in [1.29, 1.82) is 0 Å². The smallest absolute Gasteiger partial charge is 0.324 e. The molecule has 0 aromatic heterocycles. The lowest BCUT2D eigenvalue weighted by Crippen LogP contribution is -2.64. The molecule has 0 heterocycles. The van der Waals surface area contributed by atoms with Gasteiger partial charge in [-0.3, -0.25) is 9.59 Å². The van der Waals surface area contributed by atoms with E-state index >= 15 is 0 Å². The van der Waals surface area contributed by atoms with Crippen molar-refractivity contribution in [3.05, 3.63) is 0 Å². The first-order chi connectivity index (χ1) is 10.1. The van der Waals surface area contributed by atoms with E-state index in [1.165, 1.54) is 26.0 Å². The van der Waals surface area contributed by atoms with Crippen LogP contribution < -0.4 is 0 Å². The van der Waals surface area contributed by atoms with Gasteiger partial charge in [0.25, 0.3) is 0 Å². The molecular formula is C15H24O5S2. The summed E-state index contributed by atoms with van der Waals surface area (Å²) in [5, 5.41) is -0.355. The Morgan fingerprint density at radius 1 is 1.23 bits per heavy atom. The highest BCUT2D eigenvalue weighted by Crippen LogP contribution is 2.59. The Morgan fingerprint density at radius 2 is 1.73 bits per heavy atom. The van der Waals surface area contributed by atoms with Crippen LogP contribution in [0.3, 0.4) is 0 Å². The van der Waals surface area contributed by atoms with Crippen LogP contribution in [0.25, 0.3) is 0 Å². The first kappa shape index (κ1) is 19.2. The summed E-state index contributed by atoms with van der Waals surface area (Å²) in [6.45, 7) is 8.51.